The van der Waals surface area contributed by atoms with Gasteiger partial charge < -0.3 is 33.5 Å². The molecule has 2 spiro atoms. The monoisotopic (exact) mass is 542 g/mol. The lowest BCUT2D eigenvalue weighted by Gasteiger charge is -2.45. The van der Waals surface area contributed by atoms with Crippen LogP contribution in [-0.2, 0) is 38.0 Å². The van der Waals surface area contributed by atoms with Crippen LogP contribution in [0.3, 0.4) is 0 Å². The van der Waals surface area contributed by atoms with Gasteiger partial charge in [0.2, 0.25) is 0 Å². The minimum atomic E-state index is -0.549. The van der Waals surface area contributed by atoms with E-state index in [2.05, 4.69) is 13.8 Å². The third-order valence-corrected chi connectivity index (χ3v) is 8.61. The zero-order chi connectivity index (χ0) is 28.8. The molecule has 38 heavy (non-hydrogen) atoms. The van der Waals surface area contributed by atoms with E-state index in [0.29, 0.717) is 18.8 Å². The van der Waals surface area contributed by atoms with Crippen molar-refractivity contribution in [3.63, 3.8) is 0 Å². The Morgan fingerprint density at radius 2 is 1.05 bits per heavy atom. The summed E-state index contributed by atoms with van der Waals surface area (Å²) in [6, 6.07) is 0. The fraction of sp³-hybridized carbons (Fsp3) is 0.931. The molecule has 0 aromatic rings. The molecule has 0 aromatic heterocycles. The maximum atomic E-state index is 12.1. The lowest BCUT2D eigenvalue weighted by atomic mass is 9.65. The predicted molar refractivity (Wildman–Crippen MR) is 140 cm³/mol. The molecule has 0 aromatic carbocycles. The Morgan fingerprint density at radius 1 is 0.711 bits per heavy atom. The van der Waals surface area contributed by atoms with Crippen molar-refractivity contribution >= 4 is 11.9 Å². The van der Waals surface area contributed by atoms with Gasteiger partial charge in [-0.15, -0.1) is 0 Å². The highest BCUT2D eigenvalue weighted by molar-refractivity contribution is 5.76. The largest absolute Gasteiger partial charge is 0.456 e. The number of carbonyl (C=O) groups is 2. The van der Waals surface area contributed by atoms with Gasteiger partial charge in [0.05, 0.1) is 28.1 Å². The SMILES string of the molecule is COC1OC2(CC(C)C2)[C@@H](C)C1OC(=O)C(C)(C)C.COC1OC2(CC(O)C2)[C@@H](C)C1OC(=O)C(C)(C)C. The molecule has 2 saturated heterocycles. The summed E-state index contributed by atoms with van der Waals surface area (Å²) in [4.78, 5) is 24.1. The van der Waals surface area contributed by atoms with Crippen LogP contribution in [0.2, 0.25) is 0 Å². The molecule has 0 amide bonds. The fourth-order valence-electron chi connectivity index (χ4n) is 5.96. The predicted octanol–water partition coefficient (Wildman–Crippen LogP) is 4.23. The van der Waals surface area contributed by atoms with Crippen molar-refractivity contribution < 1.29 is 43.1 Å². The molecule has 4 rings (SSSR count). The zero-order valence-electron chi connectivity index (χ0n) is 25.2. The molecule has 0 bridgehead atoms. The number of hydrogen-bond donors (Lipinski definition) is 1. The molecule has 4 fully saturated rings. The van der Waals surface area contributed by atoms with Crippen molar-refractivity contribution in [2.24, 2.45) is 28.6 Å². The molecule has 2 saturated carbocycles. The summed E-state index contributed by atoms with van der Waals surface area (Å²) < 4.78 is 33.9. The van der Waals surface area contributed by atoms with Crippen molar-refractivity contribution in [1.82, 2.24) is 0 Å². The van der Waals surface area contributed by atoms with Crippen LogP contribution in [0.25, 0.3) is 0 Å². The lowest BCUT2D eigenvalue weighted by molar-refractivity contribution is -0.222. The summed E-state index contributed by atoms with van der Waals surface area (Å²) >= 11 is 0. The highest BCUT2D eigenvalue weighted by atomic mass is 16.7. The van der Waals surface area contributed by atoms with E-state index >= 15 is 0 Å². The van der Waals surface area contributed by atoms with Crippen molar-refractivity contribution in [3.05, 3.63) is 0 Å². The highest BCUT2D eigenvalue weighted by Crippen LogP contribution is 2.53. The number of ether oxygens (including phenoxy) is 6. The van der Waals surface area contributed by atoms with Crippen LogP contribution < -0.4 is 0 Å². The quantitative estimate of drug-likeness (QED) is 0.522. The molecule has 4 aliphatic rings. The van der Waals surface area contributed by atoms with Crippen molar-refractivity contribution in [2.75, 3.05) is 14.2 Å². The molecule has 0 radical (unpaired) electrons. The topological polar surface area (TPSA) is 110 Å². The summed E-state index contributed by atoms with van der Waals surface area (Å²) in [5.41, 5.74) is -1.60. The molecule has 6 atom stereocenters. The second-order valence-corrected chi connectivity index (χ2v) is 14.0. The van der Waals surface area contributed by atoms with Crippen LogP contribution in [0.4, 0.5) is 0 Å². The molecule has 2 heterocycles. The standard InChI is InChI=1S/C15H26O4.C14H24O5/c1-9-7-15(8-9)10(2)11(12(17-6)19-15)18-13(16)14(3,4)5;1-8-10(18-12(16)13(2,3)4)11(17-5)19-14(8)6-9(15)7-14/h9-12H,7-8H2,1-6H3;8-11,15H,6-7H2,1-5H3/t9?,10-,11?,12?,15?;8-,9?,10?,11?,14?/m00/s1. The maximum Gasteiger partial charge on any atom is 0.311 e. The summed E-state index contributed by atoms with van der Waals surface area (Å²) in [7, 11) is 3.15. The van der Waals surface area contributed by atoms with Crippen LogP contribution in [-0.4, -0.2) is 73.4 Å². The van der Waals surface area contributed by atoms with Gasteiger partial charge in [-0.3, -0.25) is 9.59 Å². The molecule has 1 N–H and O–H groups in total. The molecule has 4 unspecified atom stereocenters. The Bertz CT molecular complexity index is 775. The number of aliphatic hydroxyl groups is 1. The van der Waals surface area contributed by atoms with E-state index in [0.717, 1.165) is 12.8 Å². The van der Waals surface area contributed by atoms with E-state index in [9.17, 15) is 14.7 Å². The molecule has 2 aliphatic heterocycles. The number of aliphatic hydroxyl groups excluding tert-OH is 1. The summed E-state index contributed by atoms with van der Waals surface area (Å²) in [5.74, 6) is 0.426. The average Bonchev–Trinajstić information content (AvgIpc) is 3.19. The third kappa shape index (κ3) is 6.07. The average molecular weight is 543 g/mol. The van der Waals surface area contributed by atoms with E-state index in [1.54, 1.807) is 14.2 Å². The summed E-state index contributed by atoms with van der Waals surface area (Å²) in [5, 5.41) is 9.52. The van der Waals surface area contributed by atoms with Crippen LogP contribution in [0, 0.1) is 28.6 Å². The van der Waals surface area contributed by atoms with Crippen LogP contribution in [0.1, 0.15) is 88.0 Å². The first-order valence-corrected chi connectivity index (χ1v) is 13.9. The molecular weight excluding hydrogens is 492 g/mol. The Morgan fingerprint density at radius 3 is 1.32 bits per heavy atom. The molecule has 9 nitrogen and oxygen atoms in total. The van der Waals surface area contributed by atoms with Gasteiger partial charge in [-0.2, -0.15) is 0 Å². The number of carbonyl (C=O) groups excluding carboxylic acids is 2. The van der Waals surface area contributed by atoms with Crippen molar-refractivity contribution in [2.45, 2.75) is 130 Å². The van der Waals surface area contributed by atoms with Gasteiger partial charge in [0, 0.05) is 38.9 Å². The van der Waals surface area contributed by atoms with Crippen LogP contribution in [0.5, 0.6) is 0 Å². The number of hydrogen-bond acceptors (Lipinski definition) is 9. The first kappa shape index (κ1) is 31.3. The number of esters is 2. The highest BCUT2D eigenvalue weighted by Gasteiger charge is 2.61. The lowest BCUT2D eigenvalue weighted by Crippen LogP contribution is -2.52. The first-order valence-electron chi connectivity index (χ1n) is 13.9. The summed E-state index contributed by atoms with van der Waals surface area (Å²) in [6.07, 6.45) is 1.19. The first-order chi connectivity index (χ1) is 17.4. The minimum absolute atomic E-state index is 0.0205. The second-order valence-electron chi connectivity index (χ2n) is 14.0. The molecule has 220 valence electrons. The normalized spacial score (nSPS) is 42.2. The summed E-state index contributed by atoms with van der Waals surface area (Å²) in [6.45, 7) is 17.4. The van der Waals surface area contributed by atoms with E-state index in [-0.39, 0.29) is 41.6 Å². The number of methoxy groups -OCH3 is 2. The van der Waals surface area contributed by atoms with Gasteiger partial charge in [-0.25, -0.2) is 0 Å². The Labute approximate surface area is 228 Å². The van der Waals surface area contributed by atoms with Gasteiger partial charge in [0.15, 0.2) is 24.8 Å². The minimum Gasteiger partial charge on any atom is -0.456 e. The fourth-order valence-corrected chi connectivity index (χ4v) is 5.96. The van der Waals surface area contributed by atoms with Crippen molar-refractivity contribution in [3.8, 4) is 0 Å². The molecular formula is C29H50O9. The van der Waals surface area contributed by atoms with Gasteiger partial charge in [-0.05, 0) is 60.3 Å². The second kappa shape index (κ2) is 11.0. The van der Waals surface area contributed by atoms with E-state index in [1.807, 2.05) is 48.5 Å². The van der Waals surface area contributed by atoms with Gasteiger partial charge in [0.1, 0.15) is 0 Å². The van der Waals surface area contributed by atoms with E-state index < -0.39 is 35.1 Å². The van der Waals surface area contributed by atoms with E-state index in [1.165, 1.54) is 0 Å². The third-order valence-electron chi connectivity index (χ3n) is 8.61. The van der Waals surface area contributed by atoms with Crippen LogP contribution >= 0.6 is 0 Å². The van der Waals surface area contributed by atoms with Gasteiger partial charge in [-0.1, -0.05) is 20.8 Å². The maximum absolute atomic E-state index is 12.1. The van der Waals surface area contributed by atoms with E-state index in [4.69, 9.17) is 28.4 Å². The smallest absolute Gasteiger partial charge is 0.311 e. The van der Waals surface area contributed by atoms with Gasteiger partial charge >= 0.3 is 11.9 Å². The Balaban J connectivity index is 0.000000211. The number of rotatable bonds is 4. The zero-order valence-corrected chi connectivity index (χ0v) is 25.2. The Kier molecular flexibility index (Phi) is 9.02. The van der Waals surface area contributed by atoms with Crippen molar-refractivity contribution in [1.29, 1.82) is 0 Å². The Hall–Kier alpha value is -1.26. The molecule has 2 aliphatic carbocycles. The van der Waals surface area contributed by atoms with Gasteiger partial charge in [0.25, 0.3) is 0 Å². The van der Waals surface area contributed by atoms with Crippen LogP contribution in [0.15, 0.2) is 0 Å². The molecule has 9 heteroatoms.